The van der Waals surface area contributed by atoms with Crippen molar-refractivity contribution in [3.05, 3.63) is 29.8 Å². The number of carboxylic acid groups (broad SMARTS) is 1. The van der Waals surface area contributed by atoms with Gasteiger partial charge < -0.3 is 10.2 Å². The Hall–Kier alpha value is -1.49. The molecule has 0 aliphatic heterocycles. The van der Waals surface area contributed by atoms with Gasteiger partial charge in [-0.1, -0.05) is 0 Å². The first-order chi connectivity index (χ1) is 6.42. The number of pyridine rings is 1. The van der Waals surface area contributed by atoms with Crippen molar-refractivity contribution in [3.8, 4) is 0 Å². The molecule has 0 spiro atoms. The Balaban J connectivity index is 2.97. The summed E-state index contributed by atoms with van der Waals surface area (Å²) in [5.74, 6) is -1.76. The molecule has 0 bridgehead atoms. The van der Waals surface area contributed by atoms with Gasteiger partial charge in [0.1, 0.15) is 5.82 Å². The Morgan fingerprint density at radius 1 is 1.64 bits per heavy atom. The zero-order valence-corrected chi connectivity index (χ0v) is 7.57. The summed E-state index contributed by atoms with van der Waals surface area (Å²) in [7, 11) is 0. The van der Waals surface area contributed by atoms with Gasteiger partial charge in [0.05, 0.1) is 18.2 Å². The molecule has 1 rings (SSSR count). The van der Waals surface area contributed by atoms with Crippen molar-refractivity contribution in [1.29, 1.82) is 0 Å². The Morgan fingerprint density at radius 3 is 2.79 bits per heavy atom. The van der Waals surface area contributed by atoms with Crippen LogP contribution < -0.4 is 0 Å². The van der Waals surface area contributed by atoms with Crippen LogP contribution >= 0.6 is 0 Å². The second-order valence-electron chi connectivity index (χ2n) is 3.24. The van der Waals surface area contributed by atoms with E-state index in [2.05, 4.69) is 4.98 Å². The van der Waals surface area contributed by atoms with Crippen LogP contribution in [-0.4, -0.2) is 21.2 Å². The van der Waals surface area contributed by atoms with E-state index in [1.165, 1.54) is 13.1 Å². The van der Waals surface area contributed by atoms with E-state index >= 15 is 0 Å². The average Bonchev–Trinajstić information content (AvgIpc) is 2.01. The molecule has 0 amide bonds. The molecule has 0 saturated carbocycles. The molecule has 0 saturated heterocycles. The number of halogens is 1. The van der Waals surface area contributed by atoms with Crippen molar-refractivity contribution in [2.75, 3.05) is 0 Å². The van der Waals surface area contributed by atoms with Gasteiger partial charge in [0, 0.05) is 11.8 Å². The molecule has 0 fully saturated rings. The fourth-order valence-electron chi connectivity index (χ4n) is 1.10. The van der Waals surface area contributed by atoms with Crippen LogP contribution in [0.25, 0.3) is 0 Å². The topological polar surface area (TPSA) is 70.4 Å². The van der Waals surface area contributed by atoms with E-state index in [4.69, 9.17) is 5.11 Å². The number of nitrogens with zero attached hydrogens (tertiary/aromatic N) is 1. The van der Waals surface area contributed by atoms with Gasteiger partial charge in [0.15, 0.2) is 0 Å². The summed E-state index contributed by atoms with van der Waals surface area (Å²) in [4.78, 5) is 13.9. The Bertz CT molecular complexity index is 352. The van der Waals surface area contributed by atoms with Crippen LogP contribution in [0.4, 0.5) is 4.39 Å². The minimum absolute atomic E-state index is 0.153. The van der Waals surface area contributed by atoms with Gasteiger partial charge in [0.2, 0.25) is 0 Å². The predicted molar refractivity (Wildman–Crippen MR) is 46.0 cm³/mol. The predicted octanol–water partition coefficient (Wildman–Crippen LogP) is 0.903. The molecule has 1 atom stereocenters. The molecular weight excluding hydrogens is 189 g/mol. The first-order valence-corrected chi connectivity index (χ1v) is 3.97. The van der Waals surface area contributed by atoms with E-state index in [0.29, 0.717) is 0 Å². The van der Waals surface area contributed by atoms with Crippen molar-refractivity contribution in [2.45, 2.75) is 18.9 Å². The van der Waals surface area contributed by atoms with Gasteiger partial charge in [-0.15, -0.1) is 0 Å². The zero-order chi connectivity index (χ0) is 10.8. The van der Waals surface area contributed by atoms with Crippen LogP contribution in [0.15, 0.2) is 18.5 Å². The molecule has 5 heteroatoms. The number of aliphatic hydroxyl groups is 1. The summed E-state index contributed by atoms with van der Waals surface area (Å²) in [6.07, 6.45) is 1.74. The molecular formula is C9H10FNO3. The first-order valence-electron chi connectivity index (χ1n) is 3.97. The van der Waals surface area contributed by atoms with Crippen LogP contribution in [0.1, 0.15) is 18.9 Å². The molecule has 14 heavy (non-hydrogen) atoms. The second-order valence-corrected chi connectivity index (χ2v) is 3.24. The van der Waals surface area contributed by atoms with Gasteiger partial charge in [-0.25, -0.2) is 4.39 Å². The van der Waals surface area contributed by atoms with Gasteiger partial charge in [-0.2, -0.15) is 0 Å². The molecule has 0 radical (unpaired) electrons. The molecule has 76 valence electrons. The molecule has 2 N–H and O–H groups in total. The van der Waals surface area contributed by atoms with Gasteiger partial charge >= 0.3 is 5.97 Å². The van der Waals surface area contributed by atoms with E-state index in [0.717, 1.165) is 12.3 Å². The lowest BCUT2D eigenvalue weighted by molar-refractivity contribution is -0.142. The quantitative estimate of drug-likeness (QED) is 0.758. The lowest BCUT2D eigenvalue weighted by Gasteiger charge is -2.20. The maximum absolute atomic E-state index is 12.7. The van der Waals surface area contributed by atoms with E-state index < -0.39 is 23.8 Å². The normalized spacial score (nSPS) is 14.8. The Morgan fingerprint density at radius 2 is 2.29 bits per heavy atom. The minimum atomic E-state index is -1.60. The maximum Gasteiger partial charge on any atom is 0.306 e. The number of carboxylic acids is 1. The number of carbonyl (C=O) groups is 1. The third kappa shape index (κ3) is 2.50. The molecule has 1 unspecified atom stereocenters. The molecule has 1 aromatic heterocycles. The summed E-state index contributed by atoms with van der Waals surface area (Å²) in [5.41, 5.74) is -1.44. The van der Waals surface area contributed by atoms with Crippen molar-refractivity contribution in [1.82, 2.24) is 4.98 Å². The lowest BCUT2D eigenvalue weighted by Crippen LogP contribution is -2.25. The van der Waals surface area contributed by atoms with Gasteiger partial charge in [-0.05, 0) is 13.0 Å². The summed E-state index contributed by atoms with van der Waals surface area (Å²) in [6.45, 7) is 1.30. The SMILES string of the molecule is CC(O)(CC(=O)O)c1cncc(F)c1. The fraction of sp³-hybridized carbons (Fsp3) is 0.333. The van der Waals surface area contributed by atoms with Crippen LogP contribution in [-0.2, 0) is 10.4 Å². The highest BCUT2D eigenvalue weighted by Crippen LogP contribution is 2.23. The van der Waals surface area contributed by atoms with Crippen LogP contribution in [0.2, 0.25) is 0 Å². The van der Waals surface area contributed by atoms with Crippen LogP contribution in [0, 0.1) is 5.82 Å². The van der Waals surface area contributed by atoms with E-state index in [-0.39, 0.29) is 5.56 Å². The van der Waals surface area contributed by atoms with E-state index in [9.17, 15) is 14.3 Å². The summed E-state index contributed by atoms with van der Waals surface area (Å²) in [5, 5.41) is 18.2. The highest BCUT2D eigenvalue weighted by molar-refractivity contribution is 5.68. The standard InChI is InChI=1S/C9H10FNO3/c1-9(14,3-8(12)13)6-2-7(10)5-11-4-6/h2,4-5,14H,3H2,1H3,(H,12,13). The summed E-state index contributed by atoms with van der Waals surface area (Å²) in [6, 6.07) is 1.07. The van der Waals surface area contributed by atoms with Crippen molar-refractivity contribution < 1.29 is 19.4 Å². The van der Waals surface area contributed by atoms with Crippen LogP contribution in [0.5, 0.6) is 0 Å². The molecule has 0 aliphatic carbocycles. The van der Waals surface area contributed by atoms with Crippen molar-refractivity contribution in [2.24, 2.45) is 0 Å². The number of aliphatic carboxylic acids is 1. The molecule has 1 heterocycles. The third-order valence-corrected chi connectivity index (χ3v) is 1.82. The Kier molecular flexibility index (Phi) is 2.81. The molecule has 0 aliphatic rings. The number of rotatable bonds is 3. The monoisotopic (exact) mass is 199 g/mol. The lowest BCUT2D eigenvalue weighted by atomic mass is 9.94. The number of hydrogen-bond donors (Lipinski definition) is 2. The van der Waals surface area contributed by atoms with Gasteiger partial charge in [-0.3, -0.25) is 9.78 Å². The van der Waals surface area contributed by atoms with Crippen molar-refractivity contribution >= 4 is 5.97 Å². The number of aromatic nitrogens is 1. The van der Waals surface area contributed by atoms with E-state index in [1.54, 1.807) is 0 Å². The highest BCUT2D eigenvalue weighted by atomic mass is 19.1. The van der Waals surface area contributed by atoms with Gasteiger partial charge in [0.25, 0.3) is 0 Å². The second kappa shape index (κ2) is 3.71. The highest BCUT2D eigenvalue weighted by Gasteiger charge is 2.27. The zero-order valence-electron chi connectivity index (χ0n) is 7.57. The Labute approximate surface area is 80.0 Å². The number of hydrogen-bond acceptors (Lipinski definition) is 3. The molecule has 0 aromatic carbocycles. The van der Waals surface area contributed by atoms with Crippen molar-refractivity contribution in [3.63, 3.8) is 0 Å². The summed E-state index contributed by atoms with van der Waals surface area (Å²) < 4.78 is 12.7. The van der Waals surface area contributed by atoms with E-state index in [1.807, 2.05) is 0 Å². The smallest absolute Gasteiger partial charge is 0.306 e. The fourth-order valence-corrected chi connectivity index (χ4v) is 1.10. The molecule has 1 aromatic rings. The minimum Gasteiger partial charge on any atom is -0.481 e. The first kappa shape index (κ1) is 10.6. The maximum atomic E-state index is 12.7. The largest absolute Gasteiger partial charge is 0.481 e. The summed E-state index contributed by atoms with van der Waals surface area (Å²) >= 11 is 0. The average molecular weight is 199 g/mol. The van der Waals surface area contributed by atoms with Crippen LogP contribution in [0.3, 0.4) is 0 Å². The molecule has 4 nitrogen and oxygen atoms in total. The third-order valence-electron chi connectivity index (χ3n) is 1.82.